The molecule has 1 saturated carbocycles. The number of amides is 1. The third-order valence-corrected chi connectivity index (χ3v) is 3.79. The van der Waals surface area contributed by atoms with E-state index in [4.69, 9.17) is 5.73 Å². The highest BCUT2D eigenvalue weighted by Gasteiger charge is 2.27. The summed E-state index contributed by atoms with van der Waals surface area (Å²) in [5, 5.41) is 3.12. The molecule has 1 fully saturated rings. The standard InChI is InChI=1S/C14H28N2O/c1-3-4-8-11(2)16-14(17)12-9-6-5-7-10-13(12)15/h11-13H,3-10,15H2,1-2H3,(H,16,17). The van der Waals surface area contributed by atoms with Crippen LogP contribution in [0.15, 0.2) is 0 Å². The van der Waals surface area contributed by atoms with Gasteiger partial charge < -0.3 is 11.1 Å². The van der Waals surface area contributed by atoms with Gasteiger partial charge in [0.05, 0.1) is 5.92 Å². The molecular weight excluding hydrogens is 212 g/mol. The predicted molar refractivity (Wildman–Crippen MR) is 71.7 cm³/mol. The first kappa shape index (κ1) is 14.5. The van der Waals surface area contributed by atoms with Gasteiger partial charge in [-0.3, -0.25) is 4.79 Å². The minimum Gasteiger partial charge on any atom is -0.353 e. The highest BCUT2D eigenvalue weighted by atomic mass is 16.2. The number of carbonyl (C=O) groups excluding carboxylic acids is 1. The van der Waals surface area contributed by atoms with Crippen molar-refractivity contribution in [1.82, 2.24) is 5.32 Å². The van der Waals surface area contributed by atoms with Crippen LogP contribution in [0.3, 0.4) is 0 Å². The van der Waals surface area contributed by atoms with Crippen LogP contribution >= 0.6 is 0 Å². The molecule has 100 valence electrons. The Balaban J connectivity index is 2.39. The SMILES string of the molecule is CCCCC(C)NC(=O)C1CCCCCC1N. The fourth-order valence-corrected chi connectivity index (χ4v) is 2.59. The number of nitrogens with one attached hydrogen (secondary N) is 1. The van der Waals surface area contributed by atoms with E-state index in [2.05, 4.69) is 19.2 Å². The van der Waals surface area contributed by atoms with Crippen molar-refractivity contribution in [3.05, 3.63) is 0 Å². The summed E-state index contributed by atoms with van der Waals surface area (Å²) in [4.78, 5) is 12.1. The summed E-state index contributed by atoms with van der Waals surface area (Å²) in [7, 11) is 0. The number of unbranched alkanes of at least 4 members (excludes halogenated alkanes) is 1. The number of carbonyl (C=O) groups is 1. The lowest BCUT2D eigenvalue weighted by molar-refractivity contribution is -0.126. The summed E-state index contributed by atoms with van der Waals surface area (Å²) >= 11 is 0. The lowest BCUT2D eigenvalue weighted by Gasteiger charge is -2.23. The Labute approximate surface area is 106 Å². The monoisotopic (exact) mass is 240 g/mol. The molecule has 1 aliphatic rings. The summed E-state index contributed by atoms with van der Waals surface area (Å²) in [6.07, 6.45) is 8.95. The number of nitrogens with two attached hydrogens (primary N) is 1. The lowest BCUT2D eigenvalue weighted by Crippen LogP contribution is -2.44. The molecule has 0 spiro atoms. The molecule has 3 unspecified atom stereocenters. The molecule has 3 heteroatoms. The van der Waals surface area contributed by atoms with Gasteiger partial charge >= 0.3 is 0 Å². The van der Waals surface area contributed by atoms with Crippen LogP contribution in [0, 0.1) is 5.92 Å². The van der Waals surface area contributed by atoms with Crippen LogP contribution in [-0.4, -0.2) is 18.0 Å². The normalized spacial score (nSPS) is 27.2. The fraction of sp³-hybridized carbons (Fsp3) is 0.929. The first-order valence-corrected chi connectivity index (χ1v) is 7.21. The van der Waals surface area contributed by atoms with Crippen molar-refractivity contribution in [2.24, 2.45) is 11.7 Å². The minimum atomic E-state index is 0.0431. The van der Waals surface area contributed by atoms with Crippen molar-refractivity contribution in [3.63, 3.8) is 0 Å². The third-order valence-electron chi connectivity index (χ3n) is 3.79. The topological polar surface area (TPSA) is 55.1 Å². The summed E-state index contributed by atoms with van der Waals surface area (Å²) < 4.78 is 0. The van der Waals surface area contributed by atoms with Gasteiger partial charge in [-0.2, -0.15) is 0 Å². The molecule has 0 aromatic heterocycles. The molecule has 1 amide bonds. The van der Waals surface area contributed by atoms with Crippen molar-refractivity contribution in [3.8, 4) is 0 Å². The number of rotatable bonds is 5. The molecule has 1 rings (SSSR count). The second kappa shape index (κ2) is 7.70. The van der Waals surface area contributed by atoms with E-state index < -0.39 is 0 Å². The van der Waals surface area contributed by atoms with Gasteiger partial charge in [-0.1, -0.05) is 39.0 Å². The maximum Gasteiger partial charge on any atom is 0.224 e. The second-order valence-electron chi connectivity index (χ2n) is 5.46. The molecule has 0 aliphatic heterocycles. The van der Waals surface area contributed by atoms with Crippen LogP contribution in [0.1, 0.15) is 65.2 Å². The van der Waals surface area contributed by atoms with Crippen molar-refractivity contribution in [2.75, 3.05) is 0 Å². The fourth-order valence-electron chi connectivity index (χ4n) is 2.59. The van der Waals surface area contributed by atoms with E-state index in [9.17, 15) is 4.79 Å². The zero-order chi connectivity index (χ0) is 12.7. The zero-order valence-electron chi connectivity index (χ0n) is 11.4. The Kier molecular flexibility index (Phi) is 6.56. The van der Waals surface area contributed by atoms with Crippen molar-refractivity contribution in [2.45, 2.75) is 77.3 Å². The van der Waals surface area contributed by atoms with Gasteiger partial charge in [0.2, 0.25) is 5.91 Å². The second-order valence-corrected chi connectivity index (χ2v) is 5.46. The molecule has 3 nitrogen and oxygen atoms in total. The van der Waals surface area contributed by atoms with E-state index in [0.717, 1.165) is 25.7 Å². The number of hydrogen-bond donors (Lipinski definition) is 2. The van der Waals surface area contributed by atoms with Gasteiger partial charge in [0.15, 0.2) is 0 Å². The average Bonchev–Trinajstić information content (AvgIpc) is 2.51. The third kappa shape index (κ3) is 5.07. The molecule has 0 heterocycles. The minimum absolute atomic E-state index is 0.0431. The summed E-state index contributed by atoms with van der Waals surface area (Å²) in [5.74, 6) is 0.226. The predicted octanol–water partition coefficient (Wildman–Crippen LogP) is 2.59. The lowest BCUT2D eigenvalue weighted by atomic mass is 9.94. The van der Waals surface area contributed by atoms with Crippen molar-refractivity contribution in [1.29, 1.82) is 0 Å². The van der Waals surface area contributed by atoms with Crippen molar-refractivity contribution < 1.29 is 4.79 Å². The van der Waals surface area contributed by atoms with Crippen molar-refractivity contribution >= 4 is 5.91 Å². The van der Waals surface area contributed by atoms with E-state index in [-0.39, 0.29) is 23.9 Å². The smallest absolute Gasteiger partial charge is 0.224 e. The van der Waals surface area contributed by atoms with E-state index >= 15 is 0 Å². The van der Waals surface area contributed by atoms with Crippen LogP contribution in [-0.2, 0) is 4.79 Å². The van der Waals surface area contributed by atoms with Gasteiger partial charge in [0.1, 0.15) is 0 Å². The quantitative estimate of drug-likeness (QED) is 0.726. The summed E-state index contributed by atoms with van der Waals surface area (Å²) in [6.45, 7) is 4.27. The van der Waals surface area contributed by atoms with Crippen LogP contribution in [0.5, 0.6) is 0 Å². The largest absolute Gasteiger partial charge is 0.353 e. The summed E-state index contributed by atoms with van der Waals surface area (Å²) in [6, 6.07) is 0.355. The molecule has 3 atom stereocenters. The highest BCUT2D eigenvalue weighted by Crippen LogP contribution is 2.22. The summed E-state index contributed by atoms with van der Waals surface area (Å²) in [5.41, 5.74) is 6.09. The van der Waals surface area contributed by atoms with Crippen LogP contribution < -0.4 is 11.1 Å². The molecule has 0 aromatic carbocycles. The first-order chi connectivity index (χ1) is 8.15. The Bertz CT molecular complexity index is 230. The molecule has 0 saturated heterocycles. The maximum atomic E-state index is 12.1. The number of hydrogen-bond acceptors (Lipinski definition) is 2. The van der Waals surface area contributed by atoms with Crippen LogP contribution in [0.2, 0.25) is 0 Å². The molecule has 17 heavy (non-hydrogen) atoms. The van der Waals surface area contributed by atoms with Gasteiger partial charge in [0, 0.05) is 12.1 Å². The van der Waals surface area contributed by atoms with E-state index in [1.54, 1.807) is 0 Å². The molecule has 0 radical (unpaired) electrons. The van der Waals surface area contributed by atoms with Crippen LogP contribution in [0.4, 0.5) is 0 Å². The van der Waals surface area contributed by atoms with Gasteiger partial charge in [-0.15, -0.1) is 0 Å². The van der Waals surface area contributed by atoms with E-state index in [1.807, 2.05) is 0 Å². The molecule has 1 aliphatic carbocycles. The Morgan fingerprint density at radius 2 is 2.06 bits per heavy atom. The molecule has 0 bridgehead atoms. The average molecular weight is 240 g/mol. The highest BCUT2D eigenvalue weighted by molar-refractivity contribution is 5.79. The van der Waals surface area contributed by atoms with Gasteiger partial charge in [0.25, 0.3) is 0 Å². The molecular formula is C14H28N2O. The molecule has 3 N–H and O–H groups in total. The maximum absolute atomic E-state index is 12.1. The Morgan fingerprint density at radius 1 is 1.35 bits per heavy atom. The molecule has 0 aromatic rings. The van der Waals surface area contributed by atoms with E-state index in [1.165, 1.54) is 25.7 Å². The Hall–Kier alpha value is -0.570. The van der Waals surface area contributed by atoms with E-state index in [0.29, 0.717) is 0 Å². The first-order valence-electron chi connectivity index (χ1n) is 7.21. The van der Waals surface area contributed by atoms with Gasteiger partial charge in [-0.05, 0) is 26.2 Å². The Morgan fingerprint density at radius 3 is 2.76 bits per heavy atom. The van der Waals surface area contributed by atoms with Crippen LogP contribution in [0.25, 0.3) is 0 Å². The zero-order valence-corrected chi connectivity index (χ0v) is 11.4. The van der Waals surface area contributed by atoms with Gasteiger partial charge in [-0.25, -0.2) is 0 Å².